The van der Waals surface area contributed by atoms with Gasteiger partial charge in [-0.1, -0.05) is 24.3 Å². The SMILES string of the molecule is O=C(Cc1cc(=O)[nH][nH]c1=O)NCCN1CCc2ccccc2C1. The van der Waals surface area contributed by atoms with Crippen molar-refractivity contribution in [3.05, 3.63) is 67.7 Å². The lowest BCUT2D eigenvalue weighted by Crippen LogP contribution is -2.38. The Morgan fingerprint density at radius 2 is 1.96 bits per heavy atom. The lowest BCUT2D eigenvalue weighted by atomic mass is 10.00. The van der Waals surface area contributed by atoms with E-state index in [1.54, 1.807) is 0 Å². The van der Waals surface area contributed by atoms with Gasteiger partial charge in [0.05, 0.1) is 6.42 Å². The maximum Gasteiger partial charge on any atom is 0.266 e. The molecule has 1 aliphatic heterocycles. The zero-order chi connectivity index (χ0) is 16.9. The van der Waals surface area contributed by atoms with Gasteiger partial charge < -0.3 is 5.32 Å². The smallest absolute Gasteiger partial charge is 0.266 e. The third-order valence-corrected chi connectivity index (χ3v) is 4.21. The number of amides is 1. The summed E-state index contributed by atoms with van der Waals surface area (Å²) in [6.07, 6.45) is 0.925. The van der Waals surface area contributed by atoms with E-state index in [4.69, 9.17) is 0 Å². The first-order chi connectivity index (χ1) is 11.6. The zero-order valence-corrected chi connectivity index (χ0v) is 13.3. The molecule has 1 aromatic carbocycles. The molecule has 7 nitrogen and oxygen atoms in total. The van der Waals surface area contributed by atoms with Crippen molar-refractivity contribution in [2.75, 3.05) is 19.6 Å². The van der Waals surface area contributed by atoms with E-state index in [-0.39, 0.29) is 17.9 Å². The van der Waals surface area contributed by atoms with Crippen LogP contribution >= 0.6 is 0 Å². The number of hydrogen-bond acceptors (Lipinski definition) is 4. The molecule has 0 saturated carbocycles. The summed E-state index contributed by atoms with van der Waals surface area (Å²) < 4.78 is 0. The molecule has 0 saturated heterocycles. The lowest BCUT2D eigenvalue weighted by Gasteiger charge is -2.28. The summed E-state index contributed by atoms with van der Waals surface area (Å²) >= 11 is 0. The first kappa shape index (κ1) is 16.2. The molecule has 0 spiro atoms. The van der Waals surface area contributed by atoms with Gasteiger partial charge in [-0.3, -0.25) is 29.5 Å². The molecule has 7 heteroatoms. The van der Waals surface area contributed by atoms with E-state index in [9.17, 15) is 14.4 Å². The molecule has 2 heterocycles. The topological polar surface area (TPSA) is 98.1 Å². The molecule has 0 radical (unpaired) electrons. The Labute approximate surface area is 138 Å². The van der Waals surface area contributed by atoms with Crippen LogP contribution in [0.3, 0.4) is 0 Å². The average Bonchev–Trinajstić information content (AvgIpc) is 2.58. The van der Waals surface area contributed by atoms with Crippen molar-refractivity contribution >= 4 is 5.91 Å². The Bertz CT molecular complexity index is 840. The first-order valence-corrected chi connectivity index (χ1v) is 7.98. The van der Waals surface area contributed by atoms with Crippen LogP contribution in [0.5, 0.6) is 0 Å². The Balaban J connectivity index is 1.47. The van der Waals surface area contributed by atoms with Crippen molar-refractivity contribution in [3.63, 3.8) is 0 Å². The fourth-order valence-corrected chi connectivity index (χ4v) is 2.92. The Morgan fingerprint density at radius 3 is 2.79 bits per heavy atom. The number of rotatable bonds is 5. The summed E-state index contributed by atoms with van der Waals surface area (Å²) in [5.74, 6) is -0.261. The van der Waals surface area contributed by atoms with Crippen molar-refractivity contribution < 1.29 is 4.79 Å². The van der Waals surface area contributed by atoms with Crippen LogP contribution in [0.1, 0.15) is 16.7 Å². The number of carbonyl (C=O) groups is 1. The largest absolute Gasteiger partial charge is 0.355 e. The molecule has 3 N–H and O–H groups in total. The number of nitrogens with zero attached hydrogens (tertiary/aromatic N) is 1. The second-order valence-electron chi connectivity index (χ2n) is 5.93. The van der Waals surface area contributed by atoms with Crippen molar-refractivity contribution in [2.24, 2.45) is 0 Å². The lowest BCUT2D eigenvalue weighted by molar-refractivity contribution is -0.120. The molecule has 2 aromatic rings. The number of aromatic amines is 2. The van der Waals surface area contributed by atoms with Crippen molar-refractivity contribution in [3.8, 4) is 0 Å². The molecular weight excluding hydrogens is 308 g/mol. The van der Waals surface area contributed by atoms with Gasteiger partial charge in [-0.2, -0.15) is 0 Å². The Hall–Kier alpha value is -2.67. The van der Waals surface area contributed by atoms with Crippen molar-refractivity contribution in [1.29, 1.82) is 0 Å². The summed E-state index contributed by atoms with van der Waals surface area (Å²) in [6.45, 7) is 3.13. The summed E-state index contributed by atoms with van der Waals surface area (Å²) in [6, 6.07) is 9.56. The highest BCUT2D eigenvalue weighted by atomic mass is 16.2. The fourth-order valence-electron chi connectivity index (χ4n) is 2.92. The highest BCUT2D eigenvalue weighted by Crippen LogP contribution is 2.17. The number of aromatic nitrogens is 2. The quantitative estimate of drug-likeness (QED) is 0.707. The van der Waals surface area contributed by atoms with Crippen LogP contribution in [-0.4, -0.2) is 40.6 Å². The average molecular weight is 328 g/mol. The normalized spacial score (nSPS) is 14.2. The maximum atomic E-state index is 11.9. The van der Waals surface area contributed by atoms with Crippen LogP contribution in [0, 0.1) is 0 Å². The highest BCUT2D eigenvalue weighted by molar-refractivity contribution is 5.78. The number of fused-ring (bicyclic) bond motifs is 1. The van der Waals surface area contributed by atoms with Crippen LogP contribution in [0.25, 0.3) is 0 Å². The van der Waals surface area contributed by atoms with E-state index in [0.717, 1.165) is 32.1 Å². The highest BCUT2D eigenvalue weighted by Gasteiger charge is 2.15. The molecule has 0 aliphatic carbocycles. The van der Waals surface area contributed by atoms with Gasteiger partial charge >= 0.3 is 0 Å². The van der Waals surface area contributed by atoms with Crippen LogP contribution in [0.2, 0.25) is 0 Å². The summed E-state index contributed by atoms with van der Waals surface area (Å²) in [5, 5.41) is 7.19. The van der Waals surface area contributed by atoms with E-state index in [2.05, 4.69) is 38.6 Å². The van der Waals surface area contributed by atoms with E-state index in [0.29, 0.717) is 6.54 Å². The number of hydrogen-bond donors (Lipinski definition) is 3. The van der Waals surface area contributed by atoms with Gasteiger partial charge in [0, 0.05) is 37.8 Å². The maximum absolute atomic E-state index is 11.9. The molecule has 3 rings (SSSR count). The summed E-state index contributed by atoms with van der Waals surface area (Å²) in [4.78, 5) is 36.9. The standard InChI is InChI=1S/C17H20N4O3/c22-15(9-14-10-16(23)19-20-17(14)24)18-6-8-21-7-5-12-3-1-2-4-13(12)11-21/h1-4,10H,5-9,11H2,(H,18,22)(H,19,23)(H,20,24). The van der Waals surface area contributed by atoms with Crippen LogP contribution < -0.4 is 16.4 Å². The number of carbonyl (C=O) groups excluding carboxylic acids is 1. The van der Waals surface area contributed by atoms with Gasteiger partial charge in [0.2, 0.25) is 5.91 Å². The van der Waals surface area contributed by atoms with Crippen LogP contribution in [0.4, 0.5) is 0 Å². The third-order valence-electron chi connectivity index (χ3n) is 4.21. The van der Waals surface area contributed by atoms with E-state index < -0.39 is 11.1 Å². The van der Waals surface area contributed by atoms with Crippen LogP contribution in [-0.2, 0) is 24.2 Å². The summed E-state index contributed by atoms with van der Waals surface area (Å²) in [5.41, 5.74) is 2.03. The van der Waals surface area contributed by atoms with E-state index in [1.807, 2.05) is 6.07 Å². The number of nitrogens with one attached hydrogen (secondary N) is 3. The van der Waals surface area contributed by atoms with Gasteiger partial charge in [-0.15, -0.1) is 0 Å². The predicted octanol–water partition coefficient (Wildman–Crippen LogP) is -0.220. The van der Waals surface area contributed by atoms with Gasteiger partial charge in [0.1, 0.15) is 0 Å². The Kier molecular flexibility index (Phi) is 4.90. The molecule has 0 bridgehead atoms. The molecular formula is C17H20N4O3. The van der Waals surface area contributed by atoms with Gasteiger partial charge in [0.25, 0.3) is 11.1 Å². The zero-order valence-electron chi connectivity index (χ0n) is 13.3. The minimum absolute atomic E-state index is 0.0952. The first-order valence-electron chi connectivity index (χ1n) is 7.98. The van der Waals surface area contributed by atoms with Gasteiger partial charge in [-0.25, -0.2) is 0 Å². The molecule has 1 aromatic heterocycles. The predicted molar refractivity (Wildman–Crippen MR) is 89.8 cm³/mol. The number of benzene rings is 1. The molecule has 0 fully saturated rings. The molecule has 0 unspecified atom stereocenters. The molecule has 1 aliphatic rings. The molecule has 1 amide bonds. The molecule has 126 valence electrons. The van der Waals surface area contributed by atoms with Crippen molar-refractivity contribution in [1.82, 2.24) is 20.4 Å². The van der Waals surface area contributed by atoms with Crippen LogP contribution in [0.15, 0.2) is 39.9 Å². The fraction of sp³-hybridized carbons (Fsp3) is 0.353. The van der Waals surface area contributed by atoms with Gasteiger partial charge in [0.15, 0.2) is 0 Å². The Morgan fingerprint density at radius 1 is 1.17 bits per heavy atom. The van der Waals surface area contributed by atoms with E-state index in [1.165, 1.54) is 11.1 Å². The minimum atomic E-state index is -0.447. The van der Waals surface area contributed by atoms with Gasteiger partial charge in [-0.05, 0) is 17.5 Å². The molecule has 24 heavy (non-hydrogen) atoms. The van der Waals surface area contributed by atoms with E-state index >= 15 is 0 Å². The number of H-pyrrole nitrogens is 2. The monoisotopic (exact) mass is 328 g/mol. The third kappa shape index (κ3) is 3.99. The molecule has 0 atom stereocenters. The minimum Gasteiger partial charge on any atom is -0.355 e. The second kappa shape index (κ2) is 7.27. The second-order valence-corrected chi connectivity index (χ2v) is 5.93. The van der Waals surface area contributed by atoms with Crippen molar-refractivity contribution in [2.45, 2.75) is 19.4 Å². The summed E-state index contributed by atoms with van der Waals surface area (Å²) in [7, 11) is 0.